The Morgan fingerprint density at radius 3 is 1.82 bits per heavy atom. The van der Waals surface area contributed by atoms with Gasteiger partial charge in [0.1, 0.15) is 42.4 Å². The number of carbonyl (C=O) groups excluding carboxylic acids is 4. The quantitative estimate of drug-likeness (QED) is 0.0283. The Morgan fingerprint density at radius 1 is 0.647 bits per heavy atom. The van der Waals surface area contributed by atoms with Gasteiger partial charge in [0, 0.05) is 56.4 Å². The van der Waals surface area contributed by atoms with Crippen LogP contribution in [0, 0.1) is 5.82 Å². The molecule has 0 bridgehead atoms. The SMILES string of the molecule is CCn1cc(C(=O)O)c(=O)c2cc(F)c(N3CCN(C(=O)OCc4ccc(NC(=O)C(CCCCNC(c5ccccc5)(c5ccccc5)c5ccc(OC)cc5)NC(=O)C(Cc5ccccc5)NC(=O)OCc5ccccc5)cc4)CC3)cc21. The first-order valence-electron chi connectivity index (χ1n) is 28.3. The number of methoxy groups -OCH3 is 1. The number of unbranched alkanes of at least 4 members (excludes halogenated alkanes) is 1. The molecule has 1 aliphatic heterocycles. The maximum Gasteiger partial charge on any atom is 0.410 e. The Labute approximate surface area is 492 Å². The van der Waals surface area contributed by atoms with E-state index >= 15 is 4.39 Å². The molecule has 0 saturated carbocycles. The topological polar surface area (TPSA) is 210 Å². The number of alkyl carbamates (subject to hydrolysis) is 1. The van der Waals surface area contributed by atoms with Crippen LogP contribution >= 0.6 is 0 Å². The minimum Gasteiger partial charge on any atom is -0.497 e. The Bertz CT molecular complexity index is 3580. The molecule has 1 aliphatic rings. The van der Waals surface area contributed by atoms with E-state index in [4.69, 9.17) is 14.2 Å². The molecule has 85 heavy (non-hydrogen) atoms. The number of benzene rings is 7. The number of aromatic nitrogens is 1. The molecule has 0 aliphatic carbocycles. The summed E-state index contributed by atoms with van der Waals surface area (Å²) in [5.74, 6) is -2.40. The molecule has 2 unspecified atom stereocenters. The van der Waals surface area contributed by atoms with E-state index in [0.717, 1.165) is 39.6 Å². The van der Waals surface area contributed by atoms with Crippen molar-refractivity contribution < 1.29 is 47.7 Å². The number of aryl methyl sites for hydroxylation is 1. The molecule has 438 valence electrons. The molecule has 5 N–H and O–H groups in total. The van der Waals surface area contributed by atoms with Crippen LogP contribution in [0.1, 0.15) is 69.9 Å². The summed E-state index contributed by atoms with van der Waals surface area (Å²) in [5, 5.41) is 22.1. The molecule has 9 rings (SSSR count). The van der Waals surface area contributed by atoms with Crippen molar-refractivity contribution >= 4 is 52.2 Å². The molecular formula is C67H68FN7O10. The summed E-state index contributed by atoms with van der Waals surface area (Å²) in [7, 11) is 1.64. The normalized spacial score (nSPS) is 13.1. The zero-order chi connectivity index (χ0) is 59.7. The Balaban J connectivity index is 0.864. The van der Waals surface area contributed by atoms with Crippen molar-refractivity contribution in [3.05, 3.63) is 243 Å². The molecule has 2 atom stereocenters. The van der Waals surface area contributed by atoms with Crippen LogP contribution < -0.4 is 36.3 Å². The van der Waals surface area contributed by atoms with Crippen molar-refractivity contribution in [2.75, 3.05) is 50.1 Å². The van der Waals surface area contributed by atoms with Gasteiger partial charge in [0.2, 0.25) is 17.2 Å². The molecule has 8 aromatic rings. The Kier molecular flexibility index (Phi) is 20.0. The van der Waals surface area contributed by atoms with Crippen molar-refractivity contribution in [3.8, 4) is 5.75 Å². The van der Waals surface area contributed by atoms with Gasteiger partial charge in [0.15, 0.2) is 0 Å². The van der Waals surface area contributed by atoms with Crippen molar-refractivity contribution in [3.63, 3.8) is 0 Å². The molecule has 4 amide bonds. The first kappa shape index (κ1) is 59.8. The number of ether oxygens (including phenoxy) is 3. The second kappa shape index (κ2) is 28.5. The number of aromatic carboxylic acids is 1. The number of amides is 4. The number of fused-ring (bicyclic) bond motifs is 1. The number of anilines is 2. The lowest BCUT2D eigenvalue weighted by molar-refractivity contribution is -0.128. The molecule has 18 heteroatoms. The number of piperazine rings is 1. The van der Waals surface area contributed by atoms with E-state index in [9.17, 15) is 33.9 Å². The average Bonchev–Trinajstić information content (AvgIpc) is 3.44. The zero-order valence-corrected chi connectivity index (χ0v) is 47.4. The van der Waals surface area contributed by atoms with Crippen LogP contribution in [0.3, 0.4) is 0 Å². The van der Waals surface area contributed by atoms with Gasteiger partial charge in [-0.25, -0.2) is 18.8 Å². The number of hydrogen-bond donors (Lipinski definition) is 5. The lowest BCUT2D eigenvalue weighted by Gasteiger charge is -2.37. The van der Waals surface area contributed by atoms with Gasteiger partial charge >= 0.3 is 18.2 Å². The highest BCUT2D eigenvalue weighted by atomic mass is 19.1. The number of carboxylic acids is 1. The maximum atomic E-state index is 15.6. The third kappa shape index (κ3) is 14.9. The van der Waals surface area contributed by atoms with Crippen LogP contribution in [0.15, 0.2) is 193 Å². The van der Waals surface area contributed by atoms with Gasteiger partial charge < -0.3 is 49.6 Å². The fraction of sp³-hybridized carbons (Fsp3) is 0.254. The highest BCUT2D eigenvalue weighted by Crippen LogP contribution is 2.38. The predicted octanol–water partition coefficient (Wildman–Crippen LogP) is 10.0. The summed E-state index contributed by atoms with van der Waals surface area (Å²) >= 11 is 0. The monoisotopic (exact) mass is 1150 g/mol. The second-order valence-corrected chi connectivity index (χ2v) is 20.6. The molecule has 1 aromatic heterocycles. The van der Waals surface area contributed by atoms with E-state index in [1.807, 2.05) is 109 Å². The lowest BCUT2D eigenvalue weighted by atomic mass is 9.77. The molecule has 0 spiro atoms. The summed E-state index contributed by atoms with van der Waals surface area (Å²) in [4.78, 5) is 83.5. The highest BCUT2D eigenvalue weighted by Gasteiger charge is 2.36. The van der Waals surface area contributed by atoms with E-state index < -0.39 is 64.4 Å². The minimum atomic E-state index is -1.39. The van der Waals surface area contributed by atoms with Gasteiger partial charge in [-0.05, 0) is 103 Å². The maximum absolute atomic E-state index is 15.6. The average molecular weight is 1150 g/mol. The van der Waals surface area contributed by atoms with Gasteiger partial charge in [0.05, 0.1) is 23.9 Å². The van der Waals surface area contributed by atoms with E-state index in [2.05, 4.69) is 57.7 Å². The summed E-state index contributed by atoms with van der Waals surface area (Å²) < 4.78 is 33.9. The van der Waals surface area contributed by atoms with Crippen LogP contribution in [0.25, 0.3) is 10.9 Å². The van der Waals surface area contributed by atoms with E-state index in [1.165, 1.54) is 11.1 Å². The van der Waals surface area contributed by atoms with Crippen LogP contribution in [-0.2, 0) is 50.8 Å². The third-order valence-electron chi connectivity index (χ3n) is 15.2. The van der Waals surface area contributed by atoms with Crippen LogP contribution in [0.5, 0.6) is 5.75 Å². The standard InChI is InChI=1S/C67H68FN7O10/c1-3-73-43-55(64(79)80)61(76)54-41-56(68)60(42-59(54)73)74-36-38-75(39-37-74)66(82)85-45-48-27-31-52(32-28-48)70-62(77)57(71-63(78)58(40-46-18-8-4-9-19-46)72-65(81)84-44-47-20-10-5-11-21-47)26-16-17-35-69-67(49-22-12-6-13-23-49,50-24-14-7-15-25-50)51-29-33-53(83-2)34-30-51/h4-15,18-25,27-34,41-43,57-58,69H,3,16-17,26,35-40,44-45H2,1-2H3,(H,70,77)(H,71,78)(H,72,81)(H,79,80). The Hall–Kier alpha value is -9.81. The number of carboxylic acid groups (broad SMARTS) is 1. The number of rotatable bonds is 24. The molecule has 1 saturated heterocycles. The molecule has 7 aromatic carbocycles. The van der Waals surface area contributed by atoms with Crippen molar-refractivity contribution in [2.45, 2.75) is 70.0 Å². The van der Waals surface area contributed by atoms with E-state index in [-0.39, 0.29) is 63.3 Å². The minimum absolute atomic E-state index is 0.0106. The van der Waals surface area contributed by atoms with E-state index in [0.29, 0.717) is 42.7 Å². The fourth-order valence-corrected chi connectivity index (χ4v) is 10.6. The summed E-state index contributed by atoms with van der Waals surface area (Å²) in [6, 6.07) is 54.1. The van der Waals surface area contributed by atoms with Gasteiger partial charge in [-0.2, -0.15) is 0 Å². The molecule has 17 nitrogen and oxygen atoms in total. The Morgan fingerprint density at radius 2 is 1.22 bits per heavy atom. The van der Waals surface area contributed by atoms with Gasteiger partial charge in [-0.3, -0.25) is 19.7 Å². The number of hydrogen-bond acceptors (Lipinski definition) is 11. The third-order valence-corrected chi connectivity index (χ3v) is 15.2. The fourth-order valence-electron chi connectivity index (χ4n) is 10.6. The van der Waals surface area contributed by atoms with Crippen LogP contribution in [0.2, 0.25) is 0 Å². The second-order valence-electron chi connectivity index (χ2n) is 20.6. The first-order valence-corrected chi connectivity index (χ1v) is 28.3. The largest absolute Gasteiger partial charge is 0.497 e. The molecule has 2 heterocycles. The van der Waals surface area contributed by atoms with Crippen molar-refractivity contribution in [2.24, 2.45) is 0 Å². The smallest absolute Gasteiger partial charge is 0.410 e. The van der Waals surface area contributed by atoms with Gasteiger partial charge in [-0.1, -0.05) is 146 Å². The summed E-state index contributed by atoms with van der Waals surface area (Å²) in [6.07, 6.45) is 1.36. The predicted molar refractivity (Wildman–Crippen MR) is 323 cm³/mol. The van der Waals surface area contributed by atoms with Crippen LogP contribution in [-0.4, -0.2) is 96.5 Å². The summed E-state index contributed by atoms with van der Waals surface area (Å²) in [5.41, 5.74) is 4.34. The lowest BCUT2D eigenvalue weighted by Crippen LogP contribution is -2.53. The number of nitrogens with zero attached hydrogens (tertiary/aromatic N) is 3. The molecule has 1 fully saturated rings. The van der Waals surface area contributed by atoms with Gasteiger partial charge in [0.25, 0.3) is 0 Å². The first-order chi connectivity index (χ1) is 41.3. The zero-order valence-electron chi connectivity index (χ0n) is 47.4. The number of halogens is 1. The van der Waals surface area contributed by atoms with Crippen LogP contribution in [0.4, 0.5) is 25.4 Å². The van der Waals surface area contributed by atoms with E-state index in [1.54, 1.807) is 53.8 Å². The highest BCUT2D eigenvalue weighted by molar-refractivity contribution is 5.98. The molecule has 0 radical (unpaired) electrons. The number of carbonyl (C=O) groups is 5. The molecular weight excluding hydrogens is 1080 g/mol. The number of pyridine rings is 1. The summed E-state index contributed by atoms with van der Waals surface area (Å²) in [6.45, 7) is 3.56. The number of nitrogens with one attached hydrogen (secondary N) is 4. The van der Waals surface area contributed by atoms with Gasteiger partial charge in [-0.15, -0.1) is 0 Å². The van der Waals surface area contributed by atoms with Crippen molar-refractivity contribution in [1.29, 1.82) is 0 Å². The van der Waals surface area contributed by atoms with Crippen molar-refractivity contribution in [1.82, 2.24) is 25.4 Å².